The number of pyridine rings is 1. The maximum Gasteiger partial charge on any atom is 0.416 e. The average molecular weight is 291 g/mol. The van der Waals surface area contributed by atoms with Crippen molar-refractivity contribution in [3.8, 4) is 11.3 Å². The molecule has 0 spiro atoms. The number of halogens is 3. The number of nitrogens with two attached hydrogens (primary N) is 1. The Kier molecular flexibility index (Phi) is 2.90. The molecule has 0 amide bonds. The molecule has 0 saturated heterocycles. The monoisotopic (exact) mass is 291 g/mol. The van der Waals surface area contributed by atoms with E-state index in [1.807, 2.05) is 31.2 Å². The molecule has 108 valence electrons. The minimum Gasteiger partial charge on any atom is -0.383 e. The fraction of sp³-hybridized carbons (Fsp3) is 0.133. The highest BCUT2D eigenvalue weighted by Crippen LogP contribution is 2.32. The molecule has 0 atom stereocenters. The Balaban J connectivity index is 2.17. The van der Waals surface area contributed by atoms with Crippen molar-refractivity contribution < 1.29 is 13.2 Å². The zero-order valence-corrected chi connectivity index (χ0v) is 11.1. The quantitative estimate of drug-likeness (QED) is 0.738. The number of fused-ring (bicyclic) bond motifs is 1. The van der Waals surface area contributed by atoms with Gasteiger partial charge < -0.3 is 5.73 Å². The van der Waals surface area contributed by atoms with Crippen LogP contribution in [0.3, 0.4) is 0 Å². The first kappa shape index (κ1) is 13.5. The molecule has 6 heteroatoms. The minimum atomic E-state index is -4.40. The third-order valence-electron chi connectivity index (χ3n) is 3.32. The number of hydrogen-bond donors (Lipinski definition) is 1. The van der Waals surface area contributed by atoms with Crippen molar-refractivity contribution in [2.45, 2.75) is 13.1 Å². The van der Waals surface area contributed by atoms with Gasteiger partial charge in [-0.15, -0.1) is 0 Å². The van der Waals surface area contributed by atoms with Gasteiger partial charge >= 0.3 is 6.18 Å². The first-order chi connectivity index (χ1) is 9.86. The van der Waals surface area contributed by atoms with Crippen molar-refractivity contribution >= 4 is 11.5 Å². The molecule has 0 saturated carbocycles. The second kappa shape index (κ2) is 4.51. The molecule has 0 aliphatic heterocycles. The molecule has 2 heterocycles. The minimum absolute atomic E-state index is 0.179. The highest BCUT2D eigenvalue weighted by molar-refractivity contribution is 5.75. The molecular weight excluding hydrogens is 279 g/mol. The normalized spacial score (nSPS) is 12.0. The van der Waals surface area contributed by atoms with Crippen LogP contribution in [-0.4, -0.2) is 9.38 Å². The lowest BCUT2D eigenvalue weighted by molar-refractivity contribution is -0.137. The van der Waals surface area contributed by atoms with Gasteiger partial charge in [0.1, 0.15) is 17.2 Å². The maximum atomic E-state index is 12.7. The van der Waals surface area contributed by atoms with Gasteiger partial charge in [0.05, 0.1) is 5.56 Å². The summed E-state index contributed by atoms with van der Waals surface area (Å²) in [6.45, 7) is 1.95. The van der Waals surface area contributed by atoms with E-state index in [0.717, 1.165) is 23.3 Å². The number of alkyl halides is 3. The number of benzene rings is 1. The zero-order valence-electron chi connectivity index (χ0n) is 11.1. The Labute approximate surface area is 118 Å². The molecule has 0 radical (unpaired) electrons. The zero-order chi connectivity index (χ0) is 15.2. The van der Waals surface area contributed by atoms with Crippen LogP contribution in [0.5, 0.6) is 0 Å². The average Bonchev–Trinajstić information content (AvgIpc) is 2.76. The second-order valence-corrected chi connectivity index (χ2v) is 4.85. The van der Waals surface area contributed by atoms with Gasteiger partial charge in [-0.05, 0) is 19.1 Å². The third-order valence-corrected chi connectivity index (χ3v) is 3.32. The van der Waals surface area contributed by atoms with E-state index in [1.165, 1.54) is 10.6 Å². The molecule has 3 nitrogen and oxygen atoms in total. The van der Waals surface area contributed by atoms with Crippen molar-refractivity contribution in [2.24, 2.45) is 0 Å². The van der Waals surface area contributed by atoms with Crippen LogP contribution in [0, 0.1) is 6.92 Å². The number of nitrogens with zero attached hydrogens (tertiary/aromatic N) is 2. The number of anilines is 1. The van der Waals surface area contributed by atoms with Gasteiger partial charge in [0, 0.05) is 11.8 Å². The molecule has 1 aromatic carbocycles. The summed E-state index contributed by atoms with van der Waals surface area (Å²) >= 11 is 0. The molecule has 0 aliphatic rings. The fourth-order valence-electron chi connectivity index (χ4n) is 2.16. The molecule has 21 heavy (non-hydrogen) atoms. The summed E-state index contributed by atoms with van der Waals surface area (Å²) in [6, 6.07) is 9.48. The van der Waals surface area contributed by atoms with E-state index in [4.69, 9.17) is 5.73 Å². The van der Waals surface area contributed by atoms with Crippen molar-refractivity contribution in [1.29, 1.82) is 0 Å². The summed E-state index contributed by atoms with van der Waals surface area (Å²) in [6.07, 6.45) is -3.11. The van der Waals surface area contributed by atoms with Crippen LogP contribution in [0.2, 0.25) is 0 Å². The van der Waals surface area contributed by atoms with Crippen molar-refractivity contribution in [2.75, 3.05) is 5.73 Å². The molecule has 2 N–H and O–H groups in total. The Bertz CT molecular complexity index is 801. The molecule has 3 rings (SSSR count). The van der Waals surface area contributed by atoms with Gasteiger partial charge in [0.2, 0.25) is 0 Å². The van der Waals surface area contributed by atoms with E-state index in [1.54, 1.807) is 0 Å². The highest BCUT2D eigenvalue weighted by Gasteiger charge is 2.31. The smallest absolute Gasteiger partial charge is 0.383 e. The van der Waals surface area contributed by atoms with Gasteiger partial charge in [0.25, 0.3) is 0 Å². The molecule has 2 aromatic heterocycles. The third kappa shape index (κ3) is 2.33. The predicted octanol–water partition coefficient (Wildman–Crippen LogP) is 3.91. The Morgan fingerprint density at radius 2 is 1.76 bits per heavy atom. The fourth-order valence-corrected chi connectivity index (χ4v) is 2.16. The summed E-state index contributed by atoms with van der Waals surface area (Å²) in [5.74, 6) is 0.322. The van der Waals surface area contributed by atoms with E-state index in [-0.39, 0.29) is 5.65 Å². The van der Waals surface area contributed by atoms with E-state index in [2.05, 4.69) is 4.98 Å². The van der Waals surface area contributed by atoms with Gasteiger partial charge in [-0.2, -0.15) is 13.2 Å². The largest absolute Gasteiger partial charge is 0.416 e. The van der Waals surface area contributed by atoms with E-state index < -0.39 is 11.7 Å². The topological polar surface area (TPSA) is 43.3 Å². The van der Waals surface area contributed by atoms with Crippen LogP contribution in [0.25, 0.3) is 16.9 Å². The van der Waals surface area contributed by atoms with Crippen LogP contribution in [-0.2, 0) is 6.18 Å². The van der Waals surface area contributed by atoms with Crippen molar-refractivity contribution in [1.82, 2.24) is 9.38 Å². The van der Waals surface area contributed by atoms with Gasteiger partial charge in [-0.3, -0.25) is 4.40 Å². The number of rotatable bonds is 1. The Morgan fingerprint density at radius 1 is 1.10 bits per heavy atom. The van der Waals surface area contributed by atoms with Crippen molar-refractivity contribution in [3.63, 3.8) is 0 Å². The summed E-state index contributed by atoms with van der Waals surface area (Å²) in [5, 5.41) is 0. The molecule has 0 fully saturated rings. The van der Waals surface area contributed by atoms with Crippen LogP contribution < -0.4 is 5.73 Å². The van der Waals surface area contributed by atoms with Crippen LogP contribution in [0.15, 0.2) is 42.6 Å². The van der Waals surface area contributed by atoms with Gasteiger partial charge in [0.15, 0.2) is 0 Å². The summed E-state index contributed by atoms with van der Waals surface area (Å²) in [5.41, 5.74) is 7.76. The van der Waals surface area contributed by atoms with E-state index in [9.17, 15) is 13.2 Å². The Hall–Kier alpha value is -2.50. The molecule has 3 aromatic rings. The summed E-state index contributed by atoms with van der Waals surface area (Å²) < 4.78 is 39.6. The number of aryl methyl sites for hydroxylation is 1. The molecule has 0 aliphatic carbocycles. The Morgan fingerprint density at radius 3 is 2.38 bits per heavy atom. The standard InChI is InChI=1S/C15H12F3N3/c1-9-2-4-10(5-3-9)13-14(19)21-7-6-11(15(16,17)18)8-12(21)20-13/h2-8H,19H2,1H3. The summed E-state index contributed by atoms with van der Waals surface area (Å²) in [4.78, 5) is 4.22. The SMILES string of the molecule is Cc1ccc(-c2nc3cc(C(F)(F)F)ccn3c2N)cc1. The van der Waals surface area contributed by atoms with Crippen LogP contribution >= 0.6 is 0 Å². The number of aromatic nitrogens is 2. The lowest BCUT2D eigenvalue weighted by Crippen LogP contribution is -2.05. The predicted molar refractivity (Wildman–Crippen MR) is 74.8 cm³/mol. The summed E-state index contributed by atoms with van der Waals surface area (Å²) in [7, 11) is 0. The van der Waals surface area contributed by atoms with Gasteiger partial charge in [-0.25, -0.2) is 4.98 Å². The van der Waals surface area contributed by atoms with Crippen LogP contribution in [0.4, 0.5) is 19.0 Å². The van der Waals surface area contributed by atoms with Crippen LogP contribution in [0.1, 0.15) is 11.1 Å². The highest BCUT2D eigenvalue weighted by atomic mass is 19.4. The second-order valence-electron chi connectivity index (χ2n) is 4.85. The van der Waals surface area contributed by atoms with Crippen molar-refractivity contribution in [3.05, 3.63) is 53.7 Å². The molecule has 0 bridgehead atoms. The maximum absolute atomic E-state index is 12.7. The lowest BCUT2D eigenvalue weighted by atomic mass is 10.1. The number of imidazole rings is 1. The van der Waals surface area contributed by atoms with Gasteiger partial charge in [-0.1, -0.05) is 29.8 Å². The number of hydrogen-bond acceptors (Lipinski definition) is 2. The molecule has 0 unspecified atom stereocenters. The molecular formula is C15H12F3N3. The first-order valence-electron chi connectivity index (χ1n) is 6.28. The number of nitrogen functional groups attached to an aromatic ring is 1. The first-order valence-corrected chi connectivity index (χ1v) is 6.28. The van der Waals surface area contributed by atoms with E-state index in [0.29, 0.717) is 11.5 Å². The van der Waals surface area contributed by atoms with E-state index >= 15 is 0 Å². The lowest BCUT2D eigenvalue weighted by Gasteiger charge is -2.06.